The van der Waals surface area contributed by atoms with Gasteiger partial charge in [-0.2, -0.15) is 0 Å². The summed E-state index contributed by atoms with van der Waals surface area (Å²) in [5, 5.41) is 2.75. The van der Waals surface area contributed by atoms with Crippen molar-refractivity contribution in [2.75, 3.05) is 26.4 Å². The van der Waals surface area contributed by atoms with E-state index in [4.69, 9.17) is 24.7 Å². The van der Waals surface area contributed by atoms with Crippen molar-refractivity contribution in [2.45, 2.75) is 32.6 Å². The number of nitrogens with two attached hydrogens (primary N) is 1. The van der Waals surface area contributed by atoms with Gasteiger partial charge in [-0.15, -0.1) is 0 Å². The summed E-state index contributed by atoms with van der Waals surface area (Å²) in [6.45, 7) is 5.31. The normalized spacial score (nSPS) is 17.0. The molecule has 2 saturated heterocycles. The Morgan fingerprint density at radius 1 is 0.828 bits per heavy atom. The van der Waals surface area contributed by atoms with Gasteiger partial charge in [0.15, 0.2) is 12.6 Å². The van der Waals surface area contributed by atoms with Gasteiger partial charge in [0, 0.05) is 31.1 Å². The van der Waals surface area contributed by atoms with Gasteiger partial charge in [-0.3, -0.25) is 4.79 Å². The number of nitrogens with one attached hydrogen (secondary N) is 1. The summed E-state index contributed by atoms with van der Waals surface area (Å²) in [4.78, 5) is 10.7. The summed E-state index contributed by atoms with van der Waals surface area (Å²) in [7, 11) is 0. The molecule has 0 atom stereocenters. The molecule has 4 rings (SSSR count). The molecule has 0 bridgehead atoms. The van der Waals surface area contributed by atoms with Crippen LogP contribution < -0.4 is 11.1 Å². The summed E-state index contributed by atoms with van der Waals surface area (Å²) < 4.78 is 21.5. The standard InChI is InChI=1S/C12H15NO3.C10H13NO2/c1-9(14)13-8-10-2-4-11(5-3-10)12-15-6-7-16-12;11-7-8-1-3-9(4-2-8)10-12-5-6-13-10/h2-5,12H,6-8H2,1H3,(H,13,14);1-4,10H,5-7,11H2. The van der Waals surface area contributed by atoms with E-state index in [0.717, 1.165) is 22.3 Å². The third-order valence-electron chi connectivity index (χ3n) is 4.52. The van der Waals surface area contributed by atoms with Gasteiger partial charge < -0.3 is 30.0 Å². The second-order valence-corrected chi connectivity index (χ2v) is 6.74. The van der Waals surface area contributed by atoms with E-state index < -0.39 is 0 Å². The van der Waals surface area contributed by atoms with Crippen LogP contribution in [0.15, 0.2) is 48.5 Å². The lowest BCUT2D eigenvalue weighted by molar-refractivity contribution is -0.119. The van der Waals surface area contributed by atoms with Gasteiger partial charge in [0.2, 0.25) is 5.91 Å². The van der Waals surface area contributed by atoms with Crippen LogP contribution in [0.5, 0.6) is 0 Å². The maximum absolute atomic E-state index is 10.7. The zero-order valence-corrected chi connectivity index (χ0v) is 16.6. The van der Waals surface area contributed by atoms with Crippen LogP contribution in [-0.2, 0) is 36.8 Å². The van der Waals surface area contributed by atoms with E-state index in [9.17, 15) is 4.79 Å². The summed E-state index contributed by atoms with van der Waals surface area (Å²) in [5.74, 6) is -0.0217. The Balaban J connectivity index is 0.000000169. The molecule has 29 heavy (non-hydrogen) atoms. The smallest absolute Gasteiger partial charge is 0.217 e. The molecule has 2 aromatic carbocycles. The van der Waals surface area contributed by atoms with Crippen LogP contribution in [0, 0.1) is 0 Å². The first kappa shape index (κ1) is 21.4. The van der Waals surface area contributed by atoms with Crippen molar-refractivity contribution in [1.29, 1.82) is 0 Å². The van der Waals surface area contributed by atoms with Crippen molar-refractivity contribution in [3.63, 3.8) is 0 Å². The number of hydrogen-bond donors (Lipinski definition) is 2. The Hall–Kier alpha value is -2.29. The van der Waals surface area contributed by atoms with E-state index in [0.29, 0.717) is 39.5 Å². The van der Waals surface area contributed by atoms with E-state index in [-0.39, 0.29) is 18.5 Å². The molecule has 156 valence electrons. The fourth-order valence-corrected chi connectivity index (χ4v) is 2.93. The molecule has 7 heteroatoms. The highest BCUT2D eigenvalue weighted by molar-refractivity contribution is 5.72. The van der Waals surface area contributed by atoms with Crippen LogP contribution in [0.1, 0.15) is 41.8 Å². The van der Waals surface area contributed by atoms with Gasteiger partial charge in [0.25, 0.3) is 0 Å². The van der Waals surface area contributed by atoms with Crippen LogP contribution in [-0.4, -0.2) is 32.3 Å². The molecular weight excluding hydrogens is 372 g/mol. The molecule has 0 spiro atoms. The van der Waals surface area contributed by atoms with Gasteiger partial charge in [0.1, 0.15) is 0 Å². The Bertz CT molecular complexity index is 752. The number of hydrogen-bond acceptors (Lipinski definition) is 6. The lowest BCUT2D eigenvalue weighted by Crippen LogP contribution is -2.18. The SMILES string of the molecule is CC(=O)NCc1ccc(C2OCCO2)cc1.NCc1ccc(C2OCCO2)cc1. The lowest BCUT2D eigenvalue weighted by Gasteiger charge is -2.10. The zero-order valence-electron chi connectivity index (χ0n) is 16.6. The molecule has 0 saturated carbocycles. The van der Waals surface area contributed by atoms with Gasteiger partial charge in [-0.05, 0) is 11.1 Å². The first-order valence-electron chi connectivity index (χ1n) is 9.74. The molecule has 3 N–H and O–H groups in total. The average molecular weight is 400 g/mol. The van der Waals surface area contributed by atoms with Crippen LogP contribution in [0.2, 0.25) is 0 Å². The molecule has 2 aliphatic heterocycles. The Morgan fingerprint density at radius 3 is 1.62 bits per heavy atom. The van der Waals surface area contributed by atoms with E-state index in [1.807, 2.05) is 48.5 Å². The average Bonchev–Trinajstić information content (AvgIpc) is 3.47. The minimum atomic E-state index is -0.227. The summed E-state index contributed by atoms with van der Waals surface area (Å²) in [6.07, 6.45) is -0.401. The zero-order chi connectivity index (χ0) is 20.5. The van der Waals surface area contributed by atoms with Gasteiger partial charge in [-0.25, -0.2) is 0 Å². The van der Waals surface area contributed by atoms with Crippen LogP contribution >= 0.6 is 0 Å². The van der Waals surface area contributed by atoms with Crippen molar-refractivity contribution in [1.82, 2.24) is 5.32 Å². The Labute approximate surface area is 171 Å². The maximum Gasteiger partial charge on any atom is 0.217 e. The molecule has 0 radical (unpaired) electrons. The lowest BCUT2D eigenvalue weighted by atomic mass is 10.1. The monoisotopic (exact) mass is 400 g/mol. The number of carbonyl (C=O) groups excluding carboxylic acids is 1. The highest BCUT2D eigenvalue weighted by Crippen LogP contribution is 2.24. The molecular formula is C22H28N2O5. The number of carbonyl (C=O) groups is 1. The number of benzene rings is 2. The summed E-state index contributed by atoms with van der Waals surface area (Å²) >= 11 is 0. The third-order valence-corrected chi connectivity index (χ3v) is 4.52. The van der Waals surface area contributed by atoms with Crippen molar-refractivity contribution in [3.05, 3.63) is 70.8 Å². The number of rotatable bonds is 5. The molecule has 7 nitrogen and oxygen atoms in total. The van der Waals surface area contributed by atoms with Crippen LogP contribution in [0.3, 0.4) is 0 Å². The molecule has 0 aromatic heterocycles. The third kappa shape index (κ3) is 6.62. The topological polar surface area (TPSA) is 92.0 Å². The van der Waals surface area contributed by atoms with Gasteiger partial charge in [0.05, 0.1) is 26.4 Å². The largest absolute Gasteiger partial charge is 0.352 e. The number of ether oxygens (including phenoxy) is 4. The fraction of sp³-hybridized carbons (Fsp3) is 0.409. The van der Waals surface area contributed by atoms with Crippen molar-refractivity contribution < 1.29 is 23.7 Å². The van der Waals surface area contributed by atoms with Gasteiger partial charge >= 0.3 is 0 Å². The highest BCUT2D eigenvalue weighted by atomic mass is 16.7. The molecule has 1 amide bonds. The minimum absolute atomic E-state index is 0.0217. The second-order valence-electron chi connectivity index (χ2n) is 6.74. The Morgan fingerprint density at radius 2 is 1.24 bits per heavy atom. The van der Waals surface area contributed by atoms with Crippen molar-refractivity contribution >= 4 is 5.91 Å². The van der Waals surface area contributed by atoms with E-state index in [2.05, 4.69) is 5.32 Å². The van der Waals surface area contributed by atoms with Crippen molar-refractivity contribution in [3.8, 4) is 0 Å². The number of amides is 1. The van der Waals surface area contributed by atoms with E-state index >= 15 is 0 Å². The Kier molecular flexibility index (Phi) is 8.15. The fourth-order valence-electron chi connectivity index (χ4n) is 2.93. The molecule has 0 aliphatic carbocycles. The minimum Gasteiger partial charge on any atom is -0.352 e. The summed E-state index contributed by atoms with van der Waals surface area (Å²) in [6, 6.07) is 15.9. The van der Waals surface area contributed by atoms with E-state index in [1.54, 1.807) is 0 Å². The van der Waals surface area contributed by atoms with Crippen molar-refractivity contribution in [2.24, 2.45) is 5.73 Å². The van der Waals surface area contributed by atoms with Crippen LogP contribution in [0.25, 0.3) is 0 Å². The molecule has 0 unspecified atom stereocenters. The quantitative estimate of drug-likeness (QED) is 0.801. The summed E-state index contributed by atoms with van der Waals surface area (Å²) in [5.41, 5.74) is 9.77. The molecule has 2 aliphatic rings. The predicted octanol–water partition coefficient (Wildman–Crippen LogP) is 2.56. The molecule has 2 fully saturated rings. The molecule has 2 heterocycles. The predicted molar refractivity (Wildman–Crippen MR) is 108 cm³/mol. The van der Waals surface area contributed by atoms with Crippen LogP contribution in [0.4, 0.5) is 0 Å². The maximum atomic E-state index is 10.7. The first-order valence-corrected chi connectivity index (χ1v) is 9.74. The van der Waals surface area contributed by atoms with Gasteiger partial charge in [-0.1, -0.05) is 48.5 Å². The molecule has 2 aromatic rings. The highest BCUT2D eigenvalue weighted by Gasteiger charge is 2.18. The van der Waals surface area contributed by atoms with E-state index in [1.165, 1.54) is 6.92 Å². The second kappa shape index (κ2) is 11.0. The first-order chi connectivity index (χ1) is 14.2.